The van der Waals surface area contributed by atoms with Crippen LogP contribution in [0, 0.1) is 0 Å². The predicted octanol–water partition coefficient (Wildman–Crippen LogP) is 0.748. The molecule has 0 spiro atoms. The number of hydrogen-bond donors (Lipinski definition) is 3. The Bertz CT molecular complexity index is 395. The maximum Gasteiger partial charge on any atom is 0.415 e. The number of nitrogens with zero attached hydrogens (tertiary/aromatic N) is 1. The fourth-order valence-electron chi connectivity index (χ4n) is 1.12. The zero-order valence-corrected chi connectivity index (χ0v) is 9.80. The van der Waals surface area contributed by atoms with Crippen molar-refractivity contribution in [2.24, 2.45) is 0 Å². The van der Waals surface area contributed by atoms with Crippen molar-refractivity contribution >= 4 is 6.09 Å². The molecule has 94 valence electrons. The number of phenols is 2. The monoisotopic (exact) mass is 240 g/mol. The van der Waals surface area contributed by atoms with Crippen molar-refractivity contribution in [1.29, 1.82) is 0 Å². The first-order valence-corrected chi connectivity index (χ1v) is 5.14. The molecular formula is C11H16N2O4. The highest BCUT2D eigenvalue weighted by molar-refractivity contribution is 5.70. The molecule has 1 rings (SSSR count). The summed E-state index contributed by atoms with van der Waals surface area (Å²) in [7, 11) is 3.40. The molecular weight excluding hydrogens is 224 g/mol. The van der Waals surface area contributed by atoms with E-state index in [4.69, 9.17) is 9.84 Å². The molecule has 0 bridgehead atoms. The van der Waals surface area contributed by atoms with Crippen LogP contribution in [0.5, 0.6) is 17.2 Å². The number of phenolic OH excluding ortho intramolecular Hbond substituents is 2. The molecule has 6 nitrogen and oxygen atoms in total. The van der Waals surface area contributed by atoms with Gasteiger partial charge in [0, 0.05) is 26.2 Å². The second-order valence-corrected chi connectivity index (χ2v) is 3.54. The van der Waals surface area contributed by atoms with Crippen molar-refractivity contribution in [1.82, 2.24) is 10.2 Å². The van der Waals surface area contributed by atoms with E-state index < -0.39 is 6.09 Å². The lowest BCUT2D eigenvalue weighted by atomic mass is 10.3. The molecule has 0 aromatic heterocycles. The van der Waals surface area contributed by atoms with Crippen LogP contribution in [0.4, 0.5) is 4.79 Å². The molecule has 0 heterocycles. The Morgan fingerprint density at radius 2 is 2.12 bits per heavy atom. The lowest BCUT2D eigenvalue weighted by Crippen LogP contribution is -2.34. The van der Waals surface area contributed by atoms with Gasteiger partial charge in [-0.25, -0.2) is 4.79 Å². The standard InChI is InChI=1S/C11H16N2O4/c1-12-5-6-13(2)11(16)17-8-3-4-9(14)10(15)7-8/h3-4,7,12,14-15H,5-6H2,1-2H3. The van der Waals surface area contributed by atoms with Crippen LogP contribution in [0.2, 0.25) is 0 Å². The summed E-state index contributed by atoms with van der Waals surface area (Å²) < 4.78 is 5.00. The van der Waals surface area contributed by atoms with E-state index in [1.807, 2.05) is 0 Å². The Kier molecular flexibility index (Phi) is 4.59. The number of amides is 1. The maximum atomic E-state index is 11.5. The molecule has 0 aliphatic rings. The number of carbonyl (C=O) groups excluding carboxylic acids is 1. The van der Waals surface area contributed by atoms with Gasteiger partial charge in [0.1, 0.15) is 5.75 Å². The lowest BCUT2D eigenvalue weighted by Gasteiger charge is -2.16. The Hall–Kier alpha value is -1.95. The summed E-state index contributed by atoms with van der Waals surface area (Å²) in [5.41, 5.74) is 0. The number of benzene rings is 1. The van der Waals surface area contributed by atoms with Crippen LogP contribution >= 0.6 is 0 Å². The van der Waals surface area contributed by atoms with Gasteiger partial charge in [-0.2, -0.15) is 0 Å². The maximum absolute atomic E-state index is 11.5. The first kappa shape index (κ1) is 13.1. The van der Waals surface area contributed by atoms with Gasteiger partial charge in [0.05, 0.1) is 0 Å². The Labute approximate surface area is 99.4 Å². The number of hydrogen-bond acceptors (Lipinski definition) is 5. The van der Waals surface area contributed by atoms with E-state index in [1.165, 1.54) is 23.1 Å². The van der Waals surface area contributed by atoms with Gasteiger partial charge in [0.2, 0.25) is 0 Å². The summed E-state index contributed by atoms with van der Waals surface area (Å²) in [6.45, 7) is 1.17. The first-order chi connectivity index (χ1) is 8.04. The van der Waals surface area contributed by atoms with Crippen molar-refractivity contribution in [2.75, 3.05) is 27.2 Å². The molecule has 1 aromatic rings. The van der Waals surface area contributed by atoms with Crippen LogP contribution in [-0.4, -0.2) is 48.4 Å². The van der Waals surface area contributed by atoms with Gasteiger partial charge in [-0.05, 0) is 19.2 Å². The molecule has 17 heavy (non-hydrogen) atoms. The van der Waals surface area contributed by atoms with Gasteiger partial charge >= 0.3 is 6.09 Å². The molecule has 1 aromatic carbocycles. The first-order valence-electron chi connectivity index (χ1n) is 5.14. The van der Waals surface area contributed by atoms with Crippen LogP contribution in [0.15, 0.2) is 18.2 Å². The Balaban J connectivity index is 2.58. The molecule has 0 radical (unpaired) electrons. The summed E-state index contributed by atoms with van der Waals surface area (Å²) >= 11 is 0. The normalized spacial score (nSPS) is 10.0. The number of aromatic hydroxyl groups is 2. The number of likely N-dealkylation sites (N-methyl/N-ethyl adjacent to an activating group) is 2. The summed E-state index contributed by atoms with van der Waals surface area (Å²) in [5, 5.41) is 21.2. The van der Waals surface area contributed by atoms with Crippen molar-refractivity contribution in [3.8, 4) is 17.2 Å². The van der Waals surface area contributed by atoms with E-state index in [9.17, 15) is 9.90 Å². The Morgan fingerprint density at radius 1 is 1.41 bits per heavy atom. The predicted molar refractivity (Wildman–Crippen MR) is 62.4 cm³/mol. The van der Waals surface area contributed by atoms with Crippen molar-refractivity contribution in [2.45, 2.75) is 0 Å². The van der Waals surface area contributed by atoms with Crippen LogP contribution in [0.25, 0.3) is 0 Å². The minimum absolute atomic E-state index is 0.182. The zero-order chi connectivity index (χ0) is 12.8. The van der Waals surface area contributed by atoms with Crippen LogP contribution in [0.1, 0.15) is 0 Å². The lowest BCUT2D eigenvalue weighted by molar-refractivity contribution is 0.163. The fraction of sp³-hybridized carbons (Fsp3) is 0.364. The quantitative estimate of drug-likeness (QED) is 0.676. The molecule has 0 saturated carbocycles. The number of carbonyl (C=O) groups is 1. The summed E-state index contributed by atoms with van der Waals surface area (Å²) in [6.07, 6.45) is -0.523. The third-order valence-corrected chi connectivity index (χ3v) is 2.16. The smallest absolute Gasteiger partial charge is 0.415 e. The van der Waals surface area contributed by atoms with E-state index in [0.29, 0.717) is 13.1 Å². The third-order valence-electron chi connectivity index (χ3n) is 2.16. The minimum atomic E-state index is -0.523. The van der Waals surface area contributed by atoms with Crippen molar-refractivity contribution in [3.63, 3.8) is 0 Å². The summed E-state index contributed by atoms with van der Waals surface area (Å²) in [5.74, 6) is -0.400. The van der Waals surface area contributed by atoms with Gasteiger partial charge in [0.15, 0.2) is 11.5 Å². The van der Waals surface area contributed by atoms with Gasteiger partial charge in [0.25, 0.3) is 0 Å². The topological polar surface area (TPSA) is 82.0 Å². The van der Waals surface area contributed by atoms with Crippen LogP contribution in [0.3, 0.4) is 0 Å². The molecule has 0 aliphatic heterocycles. The summed E-state index contributed by atoms with van der Waals surface area (Å²) in [4.78, 5) is 12.9. The van der Waals surface area contributed by atoms with Gasteiger partial charge in [-0.3, -0.25) is 0 Å². The van der Waals surface area contributed by atoms with E-state index in [0.717, 1.165) is 0 Å². The third kappa shape index (κ3) is 3.84. The molecule has 0 saturated heterocycles. The second kappa shape index (κ2) is 5.95. The van der Waals surface area contributed by atoms with E-state index in [1.54, 1.807) is 14.1 Å². The summed E-state index contributed by atoms with van der Waals surface area (Å²) in [6, 6.07) is 3.84. The highest BCUT2D eigenvalue weighted by Crippen LogP contribution is 2.28. The number of ether oxygens (including phenoxy) is 1. The molecule has 0 unspecified atom stereocenters. The fourth-order valence-corrected chi connectivity index (χ4v) is 1.12. The minimum Gasteiger partial charge on any atom is -0.504 e. The molecule has 6 heteroatoms. The second-order valence-electron chi connectivity index (χ2n) is 3.54. The highest BCUT2D eigenvalue weighted by atomic mass is 16.6. The molecule has 0 atom stereocenters. The van der Waals surface area contributed by atoms with E-state index in [2.05, 4.69) is 5.32 Å². The molecule has 0 aliphatic carbocycles. The highest BCUT2D eigenvalue weighted by Gasteiger charge is 2.11. The van der Waals surface area contributed by atoms with Crippen molar-refractivity contribution in [3.05, 3.63) is 18.2 Å². The number of nitrogens with one attached hydrogen (secondary N) is 1. The van der Waals surface area contributed by atoms with Crippen LogP contribution in [-0.2, 0) is 0 Å². The van der Waals surface area contributed by atoms with Gasteiger partial charge < -0.3 is 25.2 Å². The average Bonchev–Trinajstić information content (AvgIpc) is 2.30. The largest absolute Gasteiger partial charge is 0.504 e. The van der Waals surface area contributed by atoms with Gasteiger partial charge in [-0.15, -0.1) is 0 Å². The SMILES string of the molecule is CNCCN(C)C(=O)Oc1ccc(O)c(O)c1. The van der Waals surface area contributed by atoms with Crippen LogP contribution < -0.4 is 10.1 Å². The van der Waals surface area contributed by atoms with Crippen molar-refractivity contribution < 1.29 is 19.7 Å². The Morgan fingerprint density at radius 3 is 2.71 bits per heavy atom. The average molecular weight is 240 g/mol. The molecule has 1 amide bonds. The molecule has 3 N–H and O–H groups in total. The number of rotatable bonds is 4. The van der Waals surface area contributed by atoms with E-state index >= 15 is 0 Å². The van der Waals surface area contributed by atoms with Gasteiger partial charge in [-0.1, -0.05) is 0 Å². The molecule has 0 fully saturated rings. The zero-order valence-electron chi connectivity index (χ0n) is 9.80. The van der Waals surface area contributed by atoms with E-state index in [-0.39, 0.29) is 17.2 Å².